The van der Waals surface area contributed by atoms with Crippen molar-refractivity contribution in [1.29, 1.82) is 5.26 Å². The van der Waals surface area contributed by atoms with E-state index in [2.05, 4.69) is 4.98 Å². The quantitative estimate of drug-likeness (QED) is 0.754. The van der Waals surface area contributed by atoms with Crippen LogP contribution in [0.1, 0.15) is 5.56 Å². The number of para-hydroxylation sites is 1. The van der Waals surface area contributed by atoms with Crippen LogP contribution in [0.3, 0.4) is 0 Å². The molecule has 0 radical (unpaired) electrons. The molecule has 0 unspecified atom stereocenters. The number of methoxy groups -OCH3 is 2. The topological polar surface area (TPSA) is 95.3 Å². The first-order valence-electron chi connectivity index (χ1n) is 7.77. The first kappa shape index (κ1) is 17.1. The molecule has 3 rings (SSSR count). The number of phenols is 1. The van der Waals surface area contributed by atoms with Crippen LogP contribution in [0.15, 0.2) is 53.3 Å². The van der Waals surface area contributed by atoms with Gasteiger partial charge in [-0.3, -0.25) is 4.79 Å². The number of aromatic nitrogens is 1. The highest BCUT2D eigenvalue weighted by molar-refractivity contribution is 5.80. The molecule has 130 valence electrons. The zero-order chi connectivity index (χ0) is 18.7. The zero-order valence-electron chi connectivity index (χ0n) is 14.2. The SMILES string of the molecule is COc1ccc(-c2cc(-c3ccccc3O)[nH]c(=O)c2C#N)c(OC)c1. The molecule has 3 aromatic rings. The van der Waals surface area contributed by atoms with Gasteiger partial charge in [-0.25, -0.2) is 0 Å². The number of nitriles is 1. The fraction of sp³-hybridized carbons (Fsp3) is 0.100. The fourth-order valence-electron chi connectivity index (χ4n) is 2.75. The molecule has 0 bridgehead atoms. The molecule has 0 spiro atoms. The molecular weight excluding hydrogens is 332 g/mol. The number of ether oxygens (including phenoxy) is 2. The summed E-state index contributed by atoms with van der Waals surface area (Å²) in [5.41, 5.74) is 1.28. The number of rotatable bonds is 4. The molecule has 6 nitrogen and oxygen atoms in total. The van der Waals surface area contributed by atoms with E-state index < -0.39 is 5.56 Å². The Kier molecular flexibility index (Phi) is 4.63. The summed E-state index contributed by atoms with van der Waals surface area (Å²) in [6.07, 6.45) is 0. The summed E-state index contributed by atoms with van der Waals surface area (Å²) in [4.78, 5) is 15.1. The summed E-state index contributed by atoms with van der Waals surface area (Å²) in [6, 6.07) is 15.4. The van der Waals surface area contributed by atoms with E-state index in [0.717, 1.165) is 0 Å². The number of phenolic OH excluding ortho intramolecular Hbond substituents is 1. The van der Waals surface area contributed by atoms with Crippen LogP contribution in [0.5, 0.6) is 17.2 Å². The summed E-state index contributed by atoms with van der Waals surface area (Å²) in [5.74, 6) is 1.09. The Bertz CT molecular complexity index is 1060. The average Bonchev–Trinajstić information content (AvgIpc) is 2.67. The second-order valence-electron chi connectivity index (χ2n) is 5.50. The third-order valence-corrected chi connectivity index (χ3v) is 4.04. The lowest BCUT2D eigenvalue weighted by Gasteiger charge is -2.13. The van der Waals surface area contributed by atoms with Crippen molar-refractivity contribution < 1.29 is 14.6 Å². The minimum Gasteiger partial charge on any atom is -0.507 e. The Hall–Kier alpha value is -3.72. The molecule has 0 aliphatic carbocycles. The molecule has 1 aromatic heterocycles. The monoisotopic (exact) mass is 348 g/mol. The van der Waals surface area contributed by atoms with Crippen LogP contribution in [0.25, 0.3) is 22.4 Å². The highest BCUT2D eigenvalue weighted by Gasteiger charge is 2.17. The Balaban J connectivity index is 2.30. The minimum atomic E-state index is -0.541. The van der Waals surface area contributed by atoms with Crippen LogP contribution in [0.2, 0.25) is 0 Å². The maximum atomic E-state index is 12.4. The lowest BCUT2D eigenvalue weighted by Crippen LogP contribution is -2.13. The molecule has 6 heteroatoms. The van der Waals surface area contributed by atoms with Gasteiger partial charge in [-0.15, -0.1) is 0 Å². The molecule has 0 saturated heterocycles. The van der Waals surface area contributed by atoms with Crippen molar-refractivity contribution in [3.63, 3.8) is 0 Å². The van der Waals surface area contributed by atoms with E-state index in [4.69, 9.17) is 9.47 Å². The second-order valence-corrected chi connectivity index (χ2v) is 5.50. The van der Waals surface area contributed by atoms with Gasteiger partial charge in [-0.2, -0.15) is 5.26 Å². The maximum absolute atomic E-state index is 12.4. The van der Waals surface area contributed by atoms with Crippen LogP contribution in [-0.4, -0.2) is 24.3 Å². The van der Waals surface area contributed by atoms with Crippen LogP contribution >= 0.6 is 0 Å². The molecule has 26 heavy (non-hydrogen) atoms. The number of aromatic hydroxyl groups is 1. The predicted octanol–water partition coefficient (Wildman–Crippen LogP) is 3.30. The van der Waals surface area contributed by atoms with Gasteiger partial charge in [0.2, 0.25) is 0 Å². The fourth-order valence-corrected chi connectivity index (χ4v) is 2.75. The number of H-pyrrole nitrogens is 1. The van der Waals surface area contributed by atoms with Crippen molar-refractivity contribution in [3.05, 3.63) is 64.4 Å². The van der Waals surface area contributed by atoms with Crippen molar-refractivity contribution in [1.82, 2.24) is 4.98 Å². The van der Waals surface area contributed by atoms with E-state index in [0.29, 0.717) is 33.9 Å². The number of hydrogen-bond acceptors (Lipinski definition) is 5. The molecule has 0 saturated carbocycles. The van der Waals surface area contributed by atoms with Crippen molar-refractivity contribution in [2.45, 2.75) is 0 Å². The number of nitrogens with zero attached hydrogens (tertiary/aromatic N) is 1. The molecule has 0 aliphatic heterocycles. The molecular formula is C20H16N2O4. The first-order valence-corrected chi connectivity index (χ1v) is 7.77. The van der Waals surface area contributed by atoms with E-state index in [1.165, 1.54) is 13.2 Å². The number of nitrogens with one attached hydrogen (secondary N) is 1. The smallest absolute Gasteiger partial charge is 0.266 e. The van der Waals surface area contributed by atoms with E-state index in [1.807, 2.05) is 6.07 Å². The highest BCUT2D eigenvalue weighted by atomic mass is 16.5. The molecule has 0 fully saturated rings. The van der Waals surface area contributed by atoms with Crippen molar-refractivity contribution in [2.24, 2.45) is 0 Å². The third-order valence-electron chi connectivity index (χ3n) is 4.04. The van der Waals surface area contributed by atoms with Gasteiger partial charge < -0.3 is 19.6 Å². The van der Waals surface area contributed by atoms with Gasteiger partial charge in [0.1, 0.15) is 28.9 Å². The number of pyridine rings is 1. The number of aromatic amines is 1. The Morgan fingerprint density at radius 3 is 2.42 bits per heavy atom. The molecule has 0 atom stereocenters. The highest BCUT2D eigenvalue weighted by Crippen LogP contribution is 2.36. The molecule has 0 amide bonds. The Morgan fingerprint density at radius 1 is 1.00 bits per heavy atom. The molecule has 1 heterocycles. The van der Waals surface area contributed by atoms with Crippen molar-refractivity contribution in [3.8, 4) is 45.7 Å². The number of hydrogen-bond donors (Lipinski definition) is 2. The summed E-state index contributed by atoms with van der Waals surface area (Å²) in [5, 5.41) is 19.5. The van der Waals surface area contributed by atoms with Gasteiger partial charge in [0.15, 0.2) is 0 Å². The van der Waals surface area contributed by atoms with Crippen molar-refractivity contribution in [2.75, 3.05) is 14.2 Å². The first-order chi connectivity index (χ1) is 12.6. The summed E-state index contributed by atoms with van der Waals surface area (Å²) in [7, 11) is 3.04. The molecule has 0 aliphatic rings. The molecule has 2 N–H and O–H groups in total. The lowest BCUT2D eigenvalue weighted by molar-refractivity contribution is 0.395. The van der Waals surface area contributed by atoms with Gasteiger partial charge >= 0.3 is 0 Å². The van der Waals surface area contributed by atoms with Crippen molar-refractivity contribution >= 4 is 0 Å². The van der Waals surface area contributed by atoms with Gasteiger partial charge in [-0.05, 0) is 30.3 Å². The Labute approximate surface area is 149 Å². The average molecular weight is 348 g/mol. The predicted molar refractivity (Wildman–Crippen MR) is 97.4 cm³/mol. The normalized spacial score (nSPS) is 10.2. The van der Waals surface area contributed by atoms with Gasteiger partial charge in [-0.1, -0.05) is 12.1 Å². The lowest BCUT2D eigenvalue weighted by atomic mass is 9.98. The van der Waals surface area contributed by atoms with Crippen LogP contribution in [-0.2, 0) is 0 Å². The standard InChI is InChI=1S/C20H16N2O4/c1-25-12-7-8-13(19(9-12)26-2)15-10-17(22-20(24)16(15)11-21)14-5-3-4-6-18(14)23/h3-10,23H,1-2H3,(H,22,24). The van der Waals surface area contributed by atoms with E-state index >= 15 is 0 Å². The zero-order valence-corrected chi connectivity index (χ0v) is 14.2. The largest absolute Gasteiger partial charge is 0.507 e. The van der Waals surface area contributed by atoms with Crippen LogP contribution in [0, 0.1) is 11.3 Å². The van der Waals surface area contributed by atoms with E-state index in [9.17, 15) is 15.2 Å². The van der Waals surface area contributed by atoms with Gasteiger partial charge in [0.25, 0.3) is 5.56 Å². The van der Waals surface area contributed by atoms with E-state index in [1.54, 1.807) is 49.6 Å². The third kappa shape index (κ3) is 2.98. The second kappa shape index (κ2) is 7.03. The summed E-state index contributed by atoms with van der Waals surface area (Å²) < 4.78 is 10.6. The van der Waals surface area contributed by atoms with Gasteiger partial charge in [0, 0.05) is 22.8 Å². The van der Waals surface area contributed by atoms with Crippen LogP contribution < -0.4 is 15.0 Å². The van der Waals surface area contributed by atoms with E-state index in [-0.39, 0.29) is 11.3 Å². The maximum Gasteiger partial charge on any atom is 0.266 e. The molecule has 2 aromatic carbocycles. The Morgan fingerprint density at radius 2 is 1.77 bits per heavy atom. The number of benzene rings is 2. The summed E-state index contributed by atoms with van der Waals surface area (Å²) >= 11 is 0. The summed E-state index contributed by atoms with van der Waals surface area (Å²) in [6.45, 7) is 0. The van der Waals surface area contributed by atoms with Crippen LogP contribution in [0.4, 0.5) is 0 Å². The minimum absolute atomic E-state index is 0.0282. The van der Waals surface area contributed by atoms with Gasteiger partial charge in [0.05, 0.1) is 19.9 Å².